The average Bonchev–Trinajstić information content (AvgIpc) is 2.71. The summed E-state index contributed by atoms with van der Waals surface area (Å²) in [5.41, 5.74) is 6.43. The summed E-state index contributed by atoms with van der Waals surface area (Å²) in [6.07, 6.45) is 3.08. The van der Waals surface area contributed by atoms with Crippen molar-refractivity contribution in [3.8, 4) is 0 Å². The first-order chi connectivity index (χ1) is 8.22. The molecule has 2 heterocycles. The highest BCUT2D eigenvalue weighted by molar-refractivity contribution is 6.05. The Morgan fingerprint density at radius 3 is 3.00 bits per heavy atom. The van der Waals surface area contributed by atoms with Crippen molar-refractivity contribution >= 4 is 17.4 Å². The molecule has 1 amide bonds. The first-order valence-electron chi connectivity index (χ1n) is 5.26. The summed E-state index contributed by atoms with van der Waals surface area (Å²) in [7, 11) is 0. The lowest BCUT2D eigenvalue weighted by atomic mass is 10.3. The molecule has 6 nitrogen and oxygen atoms in total. The fraction of sp³-hybridized carbons (Fsp3) is 0.182. The highest BCUT2D eigenvalue weighted by Crippen LogP contribution is 2.12. The molecule has 3 N–H and O–H groups in total. The van der Waals surface area contributed by atoms with Gasteiger partial charge in [0.05, 0.1) is 11.9 Å². The van der Waals surface area contributed by atoms with E-state index >= 15 is 0 Å². The van der Waals surface area contributed by atoms with Crippen LogP contribution in [0.2, 0.25) is 0 Å². The van der Waals surface area contributed by atoms with Crippen LogP contribution in [0.15, 0.2) is 30.6 Å². The normalized spacial score (nSPS) is 10.2. The van der Waals surface area contributed by atoms with Crippen LogP contribution in [-0.2, 0) is 6.54 Å². The number of hydrogen-bond donors (Lipinski definition) is 2. The maximum absolute atomic E-state index is 12.0. The Hall–Kier alpha value is -2.37. The van der Waals surface area contributed by atoms with E-state index in [0.717, 1.165) is 0 Å². The van der Waals surface area contributed by atoms with Crippen molar-refractivity contribution in [2.75, 3.05) is 11.1 Å². The Kier molecular flexibility index (Phi) is 3.04. The Labute approximate surface area is 98.5 Å². The maximum atomic E-state index is 12.0. The van der Waals surface area contributed by atoms with Crippen molar-refractivity contribution in [1.29, 1.82) is 0 Å². The number of carbonyl (C=O) groups is 1. The Balaban J connectivity index is 2.23. The fourth-order valence-electron chi connectivity index (χ4n) is 1.50. The molecule has 6 heteroatoms. The minimum absolute atomic E-state index is 0.305. The summed E-state index contributed by atoms with van der Waals surface area (Å²) in [4.78, 5) is 16.0. The number of rotatable bonds is 3. The number of carbonyl (C=O) groups excluding carboxylic acids is 1. The third-order valence-corrected chi connectivity index (χ3v) is 2.29. The van der Waals surface area contributed by atoms with Crippen LogP contribution < -0.4 is 11.1 Å². The number of hydrogen-bond acceptors (Lipinski definition) is 4. The Morgan fingerprint density at radius 1 is 1.53 bits per heavy atom. The van der Waals surface area contributed by atoms with Gasteiger partial charge in [-0.1, -0.05) is 6.07 Å². The van der Waals surface area contributed by atoms with Gasteiger partial charge in [0, 0.05) is 12.7 Å². The van der Waals surface area contributed by atoms with Gasteiger partial charge in [-0.2, -0.15) is 5.10 Å². The van der Waals surface area contributed by atoms with Crippen molar-refractivity contribution in [2.45, 2.75) is 13.5 Å². The molecule has 2 rings (SSSR count). The summed E-state index contributed by atoms with van der Waals surface area (Å²) < 4.78 is 1.55. The summed E-state index contributed by atoms with van der Waals surface area (Å²) >= 11 is 0. The van der Waals surface area contributed by atoms with Crippen LogP contribution in [0.3, 0.4) is 0 Å². The molecule has 0 aromatic carbocycles. The van der Waals surface area contributed by atoms with Crippen LogP contribution in [0.1, 0.15) is 17.4 Å². The number of aromatic nitrogens is 3. The molecule has 88 valence electrons. The maximum Gasteiger partial charge on any atom is 0.277 e. The van der Waals surface area contributed by atoms with Crippen molar-refractivity contribution in [2.24, 2.45) is 0 Å². The molecular formula is C11H13N5O. The second-order valence-electron chi connectivity index (χ2n) is 3.43. The smallest absolute Gasteiger partial charge is 0.277 e. The van der Waals surface area contributed by atoms with Gasteiger partial charge < -0.3 is 11.1 Å². The largest absolute Gasteiger partial charge is 0.396 e. The van der Waals surface area contributed by atoms with Crippen LogP contribution in [0.5, 0.6) is 0 Å². The molecule has 0 saturated carbocycles. The molecule has 0 atom stereocenters. The quantitative estimate of drug-likeness (QED) is 0.829. The first-order valence-corrected chi connectivity index (χ1v) is 5.26. The zero-order valence-corrected chi connectivity index (χ0v) is 9.42. The van der Waals surface area contributed by atoms with Gasteiger partial charge in [-0.3, -0.25) is 9.48 Å². The molecule has 2 aromatic heterocycles. The SMILES string of the molecule is CCn1ncc(N)c1C(=O)Nc1ccccn1. The van der Waals surface area contributed by atoms with Gasteiger partial charge in [-0.25, -0.2) is 4.98 Å². The molecule has 0 spiro atoms. The number of nitrogens with zero attached hydrogens (tertiary/aromatic N) is 3. The van der Waals surface area contributed by atoms with Crippen LogP contribution in [0, 0.1) is 0 Å². The molecule has 0 aliphatic rings. The predicted octanol–water partition coefficient (Wildman–Crippen LogP) is 1.13. The van der Waals surface area contributed by atoms with Crippen LogP contribution >= 0.6 is 0 Å². The van der Waals surface area contributed by atoms with E-state index in [-0.39, 0.29) is 5.91 Å². The molecule has 0 bridgehead atoms. The molecule has 0 aliphatic carbocycles. The van der Waals surface area contributed by atoms with E-state index in [2.05, 4.69) is 15.4 Å². The standard InChI is InChI=1S/C11H13N5O/c1-2-16-10(8(12)7-14-16)11(17)15-9-5-3-4-6-13-9/h3-7H,2,12H2,1H3,(H,13,15,17). The number of aryl methyl sites for hydroxylation is 1. The number of pyridine rings is 1. The molecule has 0 fully saturated rings. The highest BCUT2D eigenvalue weighted by Gasteiger charge is 2.16. The fourth-order valence-corrected chi connectivity index (χ4v) is 1.50. The molecule has 0 unspecified atom stereocenters. The van der Waals surface area contributed by atoms with Crippen molar-refractivity contribution in [3.63, 3.8) is 0 Å². The van der Waals surface area contributed by atoms with Crippen LogP contribution in [-0.4, -0.2) is 20.7 Å². The van der Waals surface area contributed by atoms with Crippen LogP contribution in [0.25, 0.3) is 0 Å². The summed E-state index contributed by atoms with van der Waals surface area (Å²) in [6, 6.07) is 5.28. The third kappa shape index (κ3) is 2.25. The second-order valence-corrected chi connectivity index (χ2v) is 3.43. The predicted molar refractivity (Wildman–Crippen MR) is 64.5 cm³/mol. The zero-order valence-electron chi connectivity index (χ0n) is 9.42. The van der Waals surface area contributed by atoms with Crippen molar-refractivity contribution in [1.82, 2.24) is 14.8 Å². The van der Waals surface area contributed by atoms with E-state index in [1.165, 1.54) is 6.20 Å². The molecule has 2 aromatic rings. The van der Waals surface area contributed by atoms with E-state index in [4.69, 9.17) is 5.73 Å². The van der Waals surface area contributed by atoms with Gasteiger partial charge in [0.2, 0.25) is 0 Å². The third-order valence-electron chi connectivity index (χ3n) is 2.29. The van der Waals surface area contributed by atoms with Gasteiger partial charge >= 0.3 is 0 Å². The number of amides is 1. The van der Waals surface area contributed by atoms with Crippen molar-refractivity contribution < 1.29 is 4.79 Å². The Morgan fingerprint density at radius 2 is 2.35 bits per heavy atom. The second kappa shape index (κ2) is 4.65. The molecular weight excluding hydrogens is 218 g/mol. The number of anilines is 2. The lowest BCUT2D eigenvalue weighted by Gasteiger charge is -2.06. The summed E-state index contributed by atoms with van der Waals surface area (Å²) in [6.45, 7) is 2.48. The van der Waals surface area contributed by atoms with E-state index in [9.17, 15) is 4.79 Å². The molecule has 0 aliphatic heterocycles. The minimum Gasteiger partial charge on any atom is -0.396 e. The van der Waals surface area contributed by atoms with E-state index < -0.39 is 0 Å². The van der Waals surface area contributed by atoms with Gasteiger partial charge in [0.1, 0.15) is 11.5 Å². The van der Waals surface area contributed by atoms with E-state index in [0.29, 0.717) is 23.7 Å². The topological polar surface area (TPSA) is 85.8 Å². The zero-order chi connectivity index (χ0) is 12.3. The summed E-state index contributed by atoms with van der Waals surface area (Å²) in [5, 5.41) is 6.68. The van der Waals surface area contributed by atoms with Crippen LogP contribution in [0.4, 0.5) is 11.5 Å². The molecule has 0 radical (unpaired) electrons. The van der Waals surface area contributed by atoms with Gasteiger partial charge in [0.25, 0.3) is 5.91 Å². The first kappa shape index (κ1) is 11.1. The van der Waals surface area contributed by atoms with Crippen molar-refractivity contribution in [3.05, 3.63) is 36.3 Å². The number of nitrogens with two attached hydrogens (primary N) is 1. The summed E-state index contributed by atoms with van der Waals surface area (Å²) in [5.74, 6) is 0.182. The minimum atomic E-state index is -0.305. The molecule has 17 heavy (non-hydrogen) atoms. The van der Waals surface area contributed by atoms with E-state index in [1.807, 2.05) is 6.92 Å². The Bertz CT molecular complexity index is 520. The van der Waals surface area contributed by atoms with Gasteiger partial charge in [-0.15, -0.1) is 0 Å². The van der Waals surface area contributed by atoms with E-state index in [1.54, 1.807) is 29.1 Å². The number of nitrogens with one attached hydrogen (secondary N) is 1. The van der Waals surface area contributed by atoms with Gasteiger partial charge in [0.15, 0.2) is 0 Å². The lowest BCUT2D eigenvalue weighted by Crippen LogP contribution is -2.19. The lowest BCUT2D eigenvalue weighted by molar-refractivity contribution is 0.101. The average molecular weight is 231 g/mol. The number of nitrogen functional groups attached to an aromatic ring is 1. The van der Waals surface area contributed by atoms with Gasteiger partial charge in [-0.05, 0) is 19.1 Å². The highest BCUT2D eigenvalue weighted by atomic mass is 16.2. The molecule has 0 saturated heterocycles. The monoisotopic (exact) mass is 231 g/mol.